The van der Waals surface area contributed by atoms with E-state index < -0.39 is 20.6 Å². The number of nitrogens with zero attached hydrogens (tertiary/aromatic N) is 1. The Morgan fingerprint density at radius 1 is 0.952 bits per heavy atom. The van der Waals surface area contributed by atoms with Gasteiger partial charge in [0, 0.05) is 45.1 Å². The normalized spacial score (nSPS) is 11.1. The molecule has 0 bridgehead atoms. The number of carbonyl (C=O) groups is 2. The Labute approximate surface area is 127 Å². The van der Waals surface area contributed by atoms with Gasteiger partial charge >= 0.3 is 8.80 Å². The zero-order valence-electron chi connectivity index (χ0n) is 13.5. The maximum Gasteiger partial charge on any atom is 0.500 e. The monoisotopic (exact) mass is 315 g/mol. The van der Waals surface area contributed by atoms with Gasteiger partial charge in [-0.15, -0.1) is 0 Å². The maximum absolute atomic E-state index is 12.0. The van der Waals surface area contributed by atoms with E-state index in [2.05, 4.69) is 13.2 Å². The summed E-state index contributed by atoms with van der Waals surface area (Å²) in [5.74, 6) is -0.801. The van der Waals surface area contributed by atoms with Crippen LogP contribution in [0.5, 0.6) is 0 Å². The number of rotatable bonds is 9. The molecule has 0 aromatic heterocycles. The van der Waals surface area contributed by atoms with Gasteiger partial charge in [-0.05, 0) is 20.3 Å². The molecule has 120 valence electrons. The number of imide groups is 1. The van der Waals surface area contributed by atoms with Crippen LogP contribution in [-0.2, 0) is 22.9 Å². The molecule has 0 rings (SSSR count). The number of hydrogen-bond acceptors (Lipinski definition) is 5. The van der Waals surface area contributed by atoms with Gasteiger partial charge < -0.3 is 13.3 Å². The topological polar surface area (TPSA) is 65.1 Å². The molecule has 0 radical (unpaired) electrons. The lowest BCUT2D eigenvalue weighted by atomic mass is 10.2. The van der Waals surface area contributed by atoms with Crippen LogP contribution < -0.4 is 0 Å². The van der Waals surface area contributed by atoms with E-state index in [1.165, 1.54) is 21.3 Å². The Morgan fingerprint density at radius 3 is 1.62 bits per heavy atom. The summed E-state index contributed by atoms with van der Waals surface area (Å²) in [6.45, 7) is 10.5. The Balaban J connectivity index is 4.86. The molecule has 0 aromatic carbocycles. The summed E-state index contributed by atoms with van der Waals surface area (Å²) in [5.41, 5.74) is 0.608. The summed E-state index contributed by atoms with van der Waals surface area (Å²) < 4.78 is 15.9. The van der Waals surface area contributed by atoms with E-state index in [0.29, 0.717) is 23.6 Å². The van der Waals surface area contributed by atoms with Gasteiger partial charge in [-0.3, -0.25) is 14.5 Å². The minimum Gasteiger partial charge on any atom is -0.377 e. The summed E-state index contributed by atoms with van der Waals surface area (Å²) in [6.07, 6.45) is 0.514. The van der Waals surface area contributed by atoms with Crippen molar-refractivity contribution in [2.24, 2.45) is 0 Å². The highest BCUT2D eigenvalue weighted by Gasteiger charge is 2.37. The van der Waals surface area contributed by atoms with Gasteiger partial charge in [0.25, 0.3) is 11.8 Å². The van der Waals surface area contributed by atoms with Crippen LogP contribution in [0.1, 0.15) is 20.3 Å². The van der Waals surface area contributed by atoms with E-state index in [1.807, 2.05) is 0 Å². The van der Waals surface area contributed by atoms with Crippen molar-refractivity contribution in [1.29, 1.82) is 0 Å². The Hall–Kier alpha value is -1.28. The highest BCUT2D eigenvalue weighted by molar-refractivity contribution is 6.60. The van der Waals surface area contributed by atoms with E-state index >= 15 is 0 Å². The molecule has 0 aromatic rings. The fraction of sp³-hybridized carbons (Fsp3) is 0.571. The van der Waals surface area contributed by atoms with Crippen molar-refractivity contribution in [2.45, 2.75) is 26.3 Å². The van der Waals surface area contributed by atoms with Crippen LogP contribution in [-0.4, -0.2) is 53.4 Å². The van der Waals surface area contributed by atoms with Crippen LogP contribution in [0.25, 0.3) is 0 Å². The van der Waals surface area contributed by atoms with Crippen LogP contribution in [0.4, 0.5) is 0 Å². The van der Waals surface area contributed by atoms with Gasteiger partial charge in [0.05, 0.1) is 0 Å². The highest BCUT2D eigenvalue weighted by atomic mass is 28.4. The fourth-order valence-corrected chi connectivity index (χ4v) is 3.47. The third kappa shape index (κ3) is 5.54. The first-order valence-electron chi connectivity index (χ1n) is 6.57. The van der Waals surface area contributed by atoms with Crippen molar-refractivity contribution >= 4 is 20.6 Å². The lowest BCUT2D eigenvalue weighted by molar-refractivity contribution is -0.140. The molecular weight excluding hydrogens is 290 g/mol. The van der Waals surface area contributed by atoms with Crippen LogP contribution in [0, 0.1) is 0 Å². The molecule has 0 atom stereocenters. The zero-order chi connectivity index (χ0) is 16.6. The average molecular weight is 315 g/mol. The van der Waals surface area contributed by atoms with Gasteiger partial charge in [0.2, 0.25) is 0 Å². The van der Waals surface area contributed by atoms with Gasteiger partial charge in [0.1, 0.15) is 0 Å². The van der Waals surface area contributed by atoms with Crippen LogP contribution >= 0.6 is 0 Å². The second-order valence-electron chi connectivity index (χ2n) is 4.72. The lowest BCUT2D eigenvalue weighted by Crippen LogP contribution is -2.44. The molecular formula is C14H25NO5Si. The van der Waals surface area contributed by atoms with E-state index in [0.717, 1.165) is 4.90 Å². The minimum absolute atomic E-state index is 0.238. The zero-order valence-corrected chi connectivity index (χ0v) is 14.5. The smallest absolute Gasteiger partial charge is 0.377 e. The SMILES string of the molecule is C=C(C)C(=O)N(CCC[Si](OC)(OC)OC)C(=O)C(=C)C. The van der Waals surface area contributed by atoms with Crippen molar-refractivity contribution < 1.29 is 22.9 Å². The quantitative estimate of drug-likeness (QED) is 0.479. The molecule has 0 heterocycles. The molecule has 2 amide bonds. The minimum atomic E-state index is -2.70. The largest absolute Gasteiger partial charge is 0.500 e. The Bertz CT molecular complexity index is 383. The standard InChI is InChI=1S/C14H25NO5Si/c1-11(2)13(16)15(14(17)12(3)4)9-8-10-21(18-5,19-6)20-7/h1,3,8-10H2,2,4-7H3. The Morgan fingerprint density at radius 2 is 1.33 bits per heavy atom. The van der Waals surface area contributed by atoms with E-state index in [4.69, 9.17) is 13.3 Å². The number of amides is 2. The molecule has 0 N–H and O–H groups in total. The molecule has 21 heavy (non-hydrogen) atoms. The second-order valence-corrected chi connectivity index (χ2v) is 7.81. The molecule has 0 aliphatic heterocycles. The van der Waals surface area contributed by atoms with Crippen molar-refractivity contribution in [3.8, 4) is 0 Å². The van der Waals surface area contributed by atoms with Gasteiger partial charge in [0.15, 0.2) is 0 Å². The number of hydrogen-bond donors (Lipinski definition) is 0. The molecule has 0 spiro atoms. The van der Waals surface area contributed by atoms with Gasteiger partial charge in [-0.25, -0.2) is 0 Å². The lowest BCUT2D eigenvalue weighted by Gasteiger charge is -2.26. The van der Waals surface area contributed by atoms with Gasteiger partial charge in [-0.1, -0.05) is 13.2 Å². The van der Waals surface area contributed by atoms with Crippen molar-refractivity contribution in [2.75, 3.05) is 27.9 Å². The molecule has 0 fully saturated rings. The summed E-state index contributed by atoms with van der Waals surface area (Å²) in [6, 6.07) is 0.500. The van der Waals surface area contributed by atoms with E-state index in [1.54, 1.807) is 13.8 Å². The molecule has 0 unspecified atom stereocenters. The molecule has 0 saturated carbocycles. The summed E-state index contributed by atoms with van der Waals surface area (Å²) in [4.78, 5) is 25.2. The average Bonchev–Trinajstić information content (AvgIpc) is 2.47. The van der Waals surface area contributed by atoms with Crippen LogP contribution in [0.15, 0.2) is 24.3 Å². The molecule has 6 nitrogen and oxygen atoms in total. The Kier molecular flexibility index (Phi) is 8.34. The first-order valence-corrected chi connectivity index (χ1v) is 8.50. The van der Waals surface area contributed by atoms with E-state index in [-0.39, 0.29) is 6.54 Å². The molecule has 0 saturated heterocycles. The van der Waals surface area contributed by atoms with Crippen LogP contribution in [0.2, 0.25) is 6.04 Å². The number of carbonyl (C=O) groups excluding carboxylic acids is 2. The summed E-state index contributed by atoms with van der Waals surface area (Å²) >= 11 is 0. The van der Waals surface area contributed by atoms with Crippen molar-refractivity contribution in [3.63, 3.8) is 0 Å². The predicted octanol–water partition coefficient (Wildman–Crippen LogP) is 1.76. The summed E-state index contributed by atoms with van der Waals surface area (Å²) in [7, 11) is 1.87. The van der Waals surface area contributed by atoms with Crippen molar-refractivity contribution in [3.05, 3.63) is 24.3 Å². The molecule has 0 aliphatic carbocycles. The molecule has 0 aliphatic rings. The summed E-state index contributed by atoms with van der Waals surface area (Å²) in [5, 5.41) is 0. The van der Waals surface area contributed by atoms with Gasteiger partial charge in [-0.2, -0.15) is 0 Å². The molecule has 7 heteroatoms. The van der Waals surface area contributed by atoms with Crippen LogP contribution in [0.3, 0.4) is 0 Å². The second kappa shape index (κ2) is 8.88. The van der Waals surface area contributed by atoms with E-state index in [9.17, 15) is 9.59 Å². The third-order valence-electron chi connectivity index (χ3n) is 3.02. The van der Waals surface area contributed by atoms with Crippen molar-refractivity contribution in [1.82, 2.24) is 4.90 Å². The third-order valence-corrected chi connectivity index (χ3v) is 5.85. The fourth-order valence-electron chi connectivity index (χ4n) is 1.77. The first kappa shape index (κ1) is 19.7. The predicted molar refractivity (Wildman–Crippen MR) is 82.6 cm³/mol. The highest BCUT2D eigenvalue weighted by Crippen LogP contribution is 2.16. The maximum atomic E-state index is 12.0. The first-order chi connectivity index (χ1) is 9.74.